The van der Waals surface area contributed by atoms with Gasteiger partial charge in [0.2, 0.25) is 0 Å². The molecule has 0 spiro atoms. The van der Waals surface area contributed by atoms with E-state index in [1.807, 2.05) is 0 Å². The molecule has 0 radical (unpaired) electrons. The minimum atomic E-state index is -0.888. The van der Waals surface area contributed by atoms with E-state index in [-0.39, 0.29) is 11.1 Å². The molecule has 1 N–H and O–H groups in total. The topological polar surface area (TPSA) is 38.0 Å². The van der Waals surface area contributed by atoms with Crippen LogP contribution in [0.15, 0.2) is 24.5 Å². The van der Waals surface area contributed by atoms with Gasteiger partial charge in [-0.15, -0.1) is 0 Å². The second-order valence-electron chi connectivity index (χ2n) is 5.56. The van der Waals surface area contributed by atoms with Crippen LogP contribution in [0.3, 0.4) is 0 Å². The van der Waals surface area contributed by atoms with Crippen molar-refractivity contribution in [2.45, 2.75) is 39.3 Å². The zero-order valence-electron chi connectivity index (χ0n) is 11.8. The van der Waals surface area contributed by atoms with E-state index >= 15 is 0 Å². The second kappa shape index (κ2) is 5.32. The van der Waals surface area contributed by atoms with Crippen LogP contribution < -0.4 is 0 Å². The zero-order valence-corrected chi connectivity index (χ0v) is 11.8. The largest absolute Gasteiger partial charge is 0.390 e. The molecule has 0 saturated carbocycles. The van der Waals surface area contributed by atoms with Crippen molar-refractivity contribution in [2.24, 2.45) is 0 Å². The Hall–Kier alpha value is -1.75. The first kappa shape index (κ1) is 14.7. The van der Waals surface area contributed by atoms with E-state index in [4.69, 9.17) is 0 Å². The highest BCUT2D eigenvalue weighted by Crippen LogP contribution is 2.25. The number of aryl methyl sites for hydroxylation is 2. The number of halogens is 2. The maximum atomic E-state index is 14.0. The van der Waals surface area contributed by atoms with E-state index in [0.29, 0.717) is 18.8 Å². The van der Waals surface area contributed by atoms with Crippen LogP contribution in [-0.2, 0) is 6.54 Å². The summed E-state index contributed by atoms with van der Waals surface area (Å²) in [5, 5.41) is 9.75. The van der Waals surface area contributed by atoms with Crippen molar-refractivity contribution < 1.29 is 13.9 Å². The fraction of sp³-hybridized carbons (Fsp3) is 0.400. The molecule has 5 heteroatoms. The Bertz CT molecular complexity index is 615. The monoisotopic (exact) mass is 280 g/mol. The van der Waals surface area contributed by atoms with Crippen LogP contribution in [0.5, 0.6) is 0 Å². The molecular weight excluding hydrogens is 262 g/mol. The molecule has 0 unspecified atom stereocenters. The molecule has 2 rings (SSSR count). The summed E-state index contributed by atoms with van der Waals surface area (Å²) >= 11 is 0. The van der Waals surface area contributed by atoms with Crippen LogP contribution in [-0.4, -0.2) is 20.3 Å². The van der Waals surface area contributed by atoms with Crippen LogP contribution in [0.2, 0.25) is 0 Å². The number of benzene rings is 1. The highest BCUT2D eigenvalue weighted by Gasteiger charge is 2.18. The van der Waals surface area contributed by atoms with Crippen LogP contribution in [0.1, 0.15) is 25.8 Å². The van der Waals surface area contributed by atoms with Crippen molar-refractivity contribution in [1.29, 1.82) is 0 Å². The summed E-state index contributed by atoms with van der Waals surface area (Å²) in [5.74, 6) is -1.37. The number of hydrogen-bond acceptors (Lipinski definition) is 2. The molecule has 1 aromatic heterocycles. The van der Waals surface area contributed by atoms with Crippen molar-refractivity contribution in [3.63, 3.8) is 0 Å². The first-order valence-electron chi connectivity index (χ1n) is 6.48. The van der Waals surface area contributed by atoms with Crippen molar-refractivity contribution in [2.75, 3.05) is 0 Å². The fourth-order valence-electron chi connectivity index (χ4n) is 1.95. The van der Waals surface area contributed by atoms with Crippen LogP contribution in [0.25, 0.3) is 11.4 Å². The maximum Gasteiger partial charge on any atom is 0.170 e. The summed E-state index contributed by atoms with van der Waals surface area (Å²) in [4.78, 5) is 4.09. The summed E-state index contributed by atoms with van der Waals surface area (Å²) in [6.07, 6.45) is 3.72. The Morgan fingerprint density at radius 3 is 2.60 bits per heavy atom. The third-order valence-corrected chi connectivity index (χ3v) is 3.20. The third kappa shape index (κ3) is 3.04. The van der Waals surface area contributed by atoms with Crippen molar-refractivity contribution >= 4 is 0 Å². The van der Waals surface area contributed by atoms with Gasteiger partial charge in [-0.05, 0) is 38.8 Å². The number of imidazole rings is 1. The summed E-state index contributed by atoms with van der Waals surface area (Å²) < 4.78 is 29.4. The van der Waals surface area contributed by atoms with Gasteiger partial charge in [-0.25, -0.2) is 13.8 Å². The molecule has 108 valence electrons. The number of rotatable bonds is 4. The number of hydrogen-bond donors (Lipinski definition) is 1. The Balaban J connectivity index is 2.35. The fourth-order valence-corrected chi connectivity index (χ4v) is 1.95. The molecule has 0 aliphatic carbocycles. The van der Waals surface area contributed by atoms with Gasteiger partial charge in [-0.1, -0.05) is 6.07 Å². The molecule has 0 fully saturated rings. The van der Waals surface area contributed by atoms with E-state index in [0.717, 1.165) is 0 Å². The van der Waals surface area contributed by atoms with Crippen LogP contribution in [0, 0.1) is 18.6 Å². The SMILES string of the molecule is Cc1ccc(-c2nccn2CCC(C)(C)O)c(F)c1F. The van der Waals surface area contributed by atoms with Crippen molar-refractivity contribution in [1.82, 2.24) is 9.55 Å². The first-order chi connectivity index (χ1) is 9.29. The normalized spacial score (nSPS) is 11.9. The lowest BCUT2D eigenvalue weighted by atomic mass is 10.1. The second-order valence-corrected chi connectivity index (χ2v) is 5.56. The molecule has 0 bridgehead atoms. The molecule has 1 aromatic carbocycles. The average molecular weight is 280 g/mol. The van der Waals surface area contributed by atoms with Crippen molar-refractivity contribution in [3.8, 4) is 11.4 Å². The lowest BCUT2D eigenvalue weighted by Gasteiger charge is -2.18. The van der Waals surface area contributed by atoms with Gasteiger partial charge in [-0.3, -0.25) is 0 Å². The van der Waals surface area contributed by atoms with Crippen molar-refractivity contribution in [3.05, 3.63) is 41.7 Å². The predicted octanol–water partition coefficient (Wildman–Crippen LogP) is 3.30. The lowest BCUT2D eigenvalue weighted by molar-refractivity contribution is 0.0663. The van der Waals surface area contributed by atoms with Gasteiger partial charge >= 0.3 is 0 Å². The van der Waals surface area contributed by atoms with E-state index in [2.05, 4.69) is 4.98 Å². The van der Waals surface area contributed by atoms with E-state index < -0.39 is 17.2 Å². The number of aromatic nitrogens is 2. The molecule has 0 saturated heterocycles. The van der Waals surface area contributed by atoms with E-state index in [1.54, 1.807) is 24.6 Å². The highest BCUT2D eigenvalue weighted by molar-refractivity contribution is 5.57. The van der Waals surface area contributed by atoms with Gasteiger partial charge < -0.3 is 9.67 Å². The molecule has 0 aliphatic rings. The first-order valence-corrected chi connectivity index (χ1v) is 6.48. The lowest BCUT2D eigenvalue weighted by Crippen LogP contribution is -2.21. The van der Waals surface area contributed by atoms with Gasteiger partial charge in [0.15, 0.2) is 11.6 Å². The Kier molecular flexibility index (Phi) is 3.90. The number of aliphatic hydroxyl groups is 1. The average Bonchev–Trinajstić information content (AvgIpc) is 2.81. The summed E-state index contributed by atoms with van der Waals surface area (Å²) in [7, 11) is 0. The molecule has 2 aromatic rings. The van der Waals surface area contributed by atoms with Crippen LogP contribution in [0.4, 0.5) is 8.78 Å². The quantitative estimate of drug-likeness (QED) is 0.933. The number of nitrogens with zero attached hydrogens (tertiary/aromatic N) is 2. The highest BCUT2D eigenvalue weighted by atomic mass is 19.2. The summed E-state index contributed by atoms with van der Waals surface area (Å²) in [5.41, 5.74) is -0.423. The molecule has 20 heavy (non-hydrogen) atoms. The van der Waals surface area contributed by atoms with Crippen LogP contribution >= 0.6 is 0 Å². The van der Waals surface area contributed by atoms with Gasteiger partial charge in [0.25, 0.3) is 0 Å². The third-order valence-electron chi connectivity index (χ3n) is 3.20. The Morgan fingerprint density at radius 1 is 1.25 bits per heavy atom. The minimum absolute atomic E-state index is 0.133. The zero-order chi connectivity index (χ0) is 14.9. The predicted molar refractivity (Wildman–Crippen MR) is 73.2 cm³/mol. The molecule has 0 aliphatic heterocycles. The van der Waals surface area contributed by atoms with Gasteiger partial charge in [0.1, 0.15) is 5.82 Å². The van der Waals surface area contributed by atoms with Gasteiger partial charge in [-0.2, -0.15) is 0 Å². The molecule has 3 nitrogen and oxygen atoms in total. The van der Waals surface area contributed by atoms with Gasteiger partial charge in [0, 0.05) is 18.9 Å². The Labute approximate surface area is 116 Å². The smallest absolute Gasteiger partial charge is 0.170 e. The summed E-state index contributed by atoms with van der Waals surface area (Å²) in [6, 6.07) is 3.05. The molecular formula is C15H18F2N2O. The van der Waals surface area contributed by atoms with Gasteiger partial charge in [0.05, 0.1) is 11.2 Å². The molecule has 1 heterocycles. The standard InChI is InChI=1S/C15H18F2N2O/c1-10-4-5-11(13(17)12(10)16)14-18-7-9-19(14)8-6-15(2,3)20/h4-5,7,9,20H,6,8H2,1-3H3. The molecule has 0 amide bonds. The molecule has 0 atom stereocenters. The van der Waals surface area contributed by atoms with E-state index in [9.17, 15) is 13.9 Å². The maximum absolute atomic E-state index is 14.0. The van der Waals surface area contributed by atoms with E-state index in [1.165, 1.54) is 25.3 Å². The Morgan fingerprint density at radius 2 is 1.95 bits per heavy atom. The minimum Gasteiger partial charge on any atom is -0.390 e. The summed E-state index contributed by atoms with van der Waals surface area (Å²) in [6.45, 7) is 5.40.